The first-order valence-corrected chi connectivity index (χ1v) is 6.40. The molecule has 1 fully saturated rings. The normalized spacial score (nSPS) is 17.6. The van der Waals surface area contributed by atoms with Crippen molar-refractivity contribution in [3.8, 4) is 0 Å². The molecule has 2 heterocycles. The highest BCUT2D eigenvalue weighted by molar-refractivity contribution is 5.41. The molecule has 0 bridgehead atoms. The summed E-state index contributed by atoms with van der Waals surface area (Å²) in [5.41, 5.74) is 0. The first-order chi connectivity index (χ1) is 8.79. The van der Waals surface area contributed by atoms with Gasteiger partial charge in [-0.15, -0.1) is 0 Å². The van der Waals surface area contributed by atoms with Crippen LogP contribution in [0, 0.1) is 0 Å². The zero-order valence-electron chi connectivity index (χ0n) is 10.4. The average molecular weight is 252 g/mol. The number of hydrogen-bond donors (Lipinski definition) is 3. The van der Waals surface area contributed by atoms with Gasteiger partial charge in [-0.05, 0) is 25.3 Å². The van der Waals surface area contributed by atoms with E-state index in [4.69, 9.17) is 5.11 Å². The summed E-state index contributed by atoms with van der Waals surface area (Å²) < 4.78 is 0. The molecule has 0 aromatic carbocycles. The second-order valence-corrected chi connectivity index (χ2v) is 4.51. The van der Waals surface area contributed by atoms with Gasteiger partial charge < -0.3 is 20.4 Å². The van der Waals surface area contributed by atoms with E-state index in [-0.39, 0.29) is 13.2 Å². The molecule has 0 spiro atoms. The second kappa shape index (κ2) is 6.51. The fraction of sp³-hybridized carbons (Fsp3) is 0.667. The van der Waals surface area contributed by atoms with Gasteiger partial charge >= 0.3 is 0 Å². The largest absolute Gasteiger partial charge is 0.394 e. The predicted molar refractivity (Wildman–Crippen MR) is 69.7 cm³/mol. The summed E-state index contributed by atoms with van der Waals surface area (Å²) in [6.07, 6.45) is 4.59. The lowest BCUT2D eigenvalue weighted by atomic mass is 10.1. The van der Waals surface area contributed by atoms with Crippen LogP contribution in [0.3, 0.4) is 0 Å². The van der Waals surface area contributed by atoms with Crippen LogP contribution < -0.4 is 10.2 Å². The van der Waals surface area contributed by atoms with E-state index in [2.05, 4.69) is 20.2 Å². The van der Waals surface area contributed by atoms with Gasteiger partial charge in [-0.2, -0.15) is 4.98 Å². The van der Waals surface area contributed by atoms with Crippen molar-refractivity contribution in [1.82, 2.24) is 9.97 Å². The van der Waals surface area contributed by atoms with Crippen molar-refractivity contribution < 1.29 is 10.2 Å². The molecule has 3 N–H and O–H groups in total. The van der Waals surface area contributed by atoms with Crippen LogP contribution in [-0.2, 0) is 0 Å². The molecular weight excluding hydrogens is 232 g/mol. The van der Waals surface area contributed by atoms with Crippen LogP contribution in [0.2, 0.25) is 0 Å². The van der Waals surface area contributed by atoms with E-state index < -0.39 is 6.10 Å². The summed E-state index contributed by atoms with van der Waals surface area (Å²) in [6, 6.07) is 1.76. The Hall–Kier alpha value is -1.40. The minimum Gasteiger partial charge on any atom is -0.394 e. The Morgan fingerprint density at radius 3 is 2.83 bits per heavy atom. The lowest BCUT2D eigenvalue weighted by Crippen LogP contribution is -2.31. The molecule has 1 aromatic heterocycles. The molecule has 1 saturated heterocycles. The number of piperidine rings is 1. The smallest absolute Gasteiger partial charge is 0.227 e. The van der Waals surface area contributed by atoms with Gasteiger partial charge in [0.25, 0.3) is 0 Å². The molecule has 1 aliphatic heterocycles. The first-order valence-electron chi connectivity index (χ1n) is 6.40. The first kappa shape index (κ1) is 13.0. The Morgan fingerprint density at radius 1 is 1.33 bits per heavy atom. The molecular formula is C12H20N4O2. The summed E-state index contributed by atoms with van der Waals surface area (Å²) in [7, 11) is 0. The molecule has 18 heavy (non-hydrogen) atoms. The van der Waals surface area contributed by atoms with Crippen LogP contribution in [-0.4, -0.2) is 52.5 Å². The molecule has 0 amide bonds. The zero-order valence-corrected chi connectivity index (χ0v) is 10.4. The highest BCUT2D eigenvalue weighted by Crippen LogP contribution is 2.16. The highest BCUT2D eigenvalue weighted by atomic mass is 16.3. The van der Waals surface area contributed by atoms with Gasteiger partial charge in [0.05, 0.1) is 12.7 Å². The van der Waals surface area contributed by atoms with E-state index in [0.29, 0.717) is 5.82 Å². The summed E-state index contributed by atoms with van der Waals surface area (Å²) in [6.45, 7) is 2.04. The number of aromatic nitrogens is 2. The van der Waals surface area contributed by atoms with Gasteiger partial charge in [-0.3, -0.25) is 0 Å². The van der Waals surface area contributed by atoms with Crippen LogP contribution >= 0.6 is 0 Å². The van der Waals surface area contributed by atoms with Crippen molar-refractivity contribution in [1.29, 1.82) is 0 Å². The minimum absolute atomic E-state index is 0.253. The van der Waals surface area contributed by atoms with E-state index in [1.807, 2.05) is 0 Å². The Morgan fingerprint density at radius 2 is 2.11 bits per heavy atom. The van der Waals surface area contributed by atoms with Gasteiger partial charge in [0.1, 0.15) is 5.82 Å². The van der Waals surface area contributed by atoms with Crippen molar-refractivity contribution in [2.45, 2.75) is 25.4 Å². The van der Waals surface area contributed by atoms with Gasteiger partial charge in [-0.25, -0.2) is 4.98 Å². The molecule has 2 rings (SSSR count). The third kappa shape index (κ3) is 3.54. The fourth-order valence-electron chi connectivity index (χ4n) is 1.98. The maximum Gasteiger partial charge on any atom is 0.227 e. The Bertz CT molecular complexity index is 369. The number of nitrogens with one attached hydrogen (secondary N) is 1. The number of hydrogen-bond acceptors (Lipinski definition) is 6. The third-order valence-corrected chi connectivity index (χ3v) is 3.01. The molecule has 0 saturated carbocycles. The van der Waals surface area contributed by atoms with Gasteiger partial charge in [0, 0.05) is 25.8 Å². The average Bonchev–Trinajstić information content (AvgIpc) is 2.46. The van der Waals surface area contributed by atoms with Crippen molar-refractivity contribution in [2.75, 3.05) is 36.5 Å². The molecule has 6 heteroatoms. The van der Waals surface area contributed by atoms with Crippen LogP contribution in [0.15, 0.2) is 12.3 Å². The Balaban J connectivity index is 1.96. The predicted octanol–water partition coefficient (Wildman–Crippen LogP) is 0.232. The van der Waals surface area contributed by atoms with Crippen LogP contribution in [0.4, 0.5) is 11.8 Å². The summed E-state index contributed by atoms with van der Waals surface area (Å²) >= 11 is 0. The van der Waals surface area contributed by atoms with E-state index >= 15 is 0 Å². The topological polar surface area (TPSA) is 81.5 Å². The van der Waals surface area contributed by atoms with E-state index in [9.17, 15) is 5.11 Å². The standard InChI is InChI=1S/C12H20N4O2/c17-9-10(18)8-14-11-4-5-13-12(15-11)16-6-2-1-3-7-16/h4-5,10,17-18H,1-3,6-9H2,(H,13,14,15). The van der Waals surface area contributed by atoms with Crippen molar-refractivity contribution in [3.63, 3.8) is 0 Å². The van der Waals surface area contributed by atoms with E-state index in [1.165, 1.54) is 19.3 Å². The molecule has 0 radical (unpaired) electrons. The van der Waals surface area contributed by atoms with Crippen LogP contribution in [0.1, 0.15) is 19.3 Å². The second-order valence-electron chi connectivity index (χ2n) is 4.51. The molecule has 1 atom stereocenters. The maximum atomic E-state index is 9.27. The molecule has 1 aromatic rings. The lowest BCUT2D eigenvalue weighted by Gasteiger charge is -2.26. The zero-order chi connectivity index (χ0) is 12.8. The van der Waals surface area contributed by atoms with Crippen molar-refractivity contribution in [2.24, 2.45) is 0 Å². The molecule has 0 aliphatic carbocycles. The quantitative estimate of drug-likeness (QED) is 0.696. The maximum absolute atomic E-state index is 9.27. The third-order valence-electron chi connectivity index (χ3n) is 3.01. The number of aliphatic hydroxyl groups excluding tert-OH is 2. The van der Waals surface area contributed by atoms with Gasteiger partial charge in [-0.1, -0.05) is 0 Å². The summed E-state index contributed by atoms with van der Waals surface area (Å²) in [5, 5.41) is 21.0. The van der Waals surface area contributed by atoms with Crippen LogP contribution in [0.25, 0.3) is 0 Å². The number of aliphatic hydroxyl groups is 2. The van der Waals surface area contributed by atoms with Gasteiger partial charge in [0.15, 0.2) is 0 Å². The number of anilines is 2. The highest BCUT2D eigenvalue weighted by Gasteiger charge is 2.13. The summed E-state index contributed by atoms with van der Waals surface area (Å²) in [4.78, 5) is 10.9. The van der Waals surface area contributed by atoms with Crippen molar-refractivity contribution in [3.05, 3.63) is 12.3 Å². The molecule has 1 unspecified atom stereocenters. The Kier molecular flexibility index (Phi) is 4.72. The Labute approximate surface area is 107 Å². The monoisotopic (exact) mass is 252 g/mol. The SMILES string of the molecule is OCC(O)CNc1ccnc(N2CCCCC2)n1. The molecule has 100 valence electrons. The van der Waals surface area contributed by atoms with E-state index in [1.54, 1.807) is 12.3 Å². The van der Waals surface area contributed by atoms with Crippen molar-refractivity contribution >= 4 is 11.8 Å². The number of nitrogens with zero attached hydrogens (tertiary/aromatic N) is 3. The van der Waals surface area contributed by atoms with E-state index in [0.717, 1.165) is 19.0 Å². The van der Waals surface area contributed by atoms with Gasteiger partial charge in [0.2, 0.25) is 5.95 Å². The van der Waals surface area contributed by atoms with Crippen LogP contribution in [0.5, 0.6) is 0 Å². The lowest BCUT2D eigenvalue weighted by molar-refractivity contribution is 0.105. The molecule has 6 nitrogen and oxygen atoms in total. The number of rotatable bonds is 5. The molecule has 1 aliphatic rings. The summed E-state index contributed by atoms with van der Waals surface area (Å²) in [5.74, 6) is 1.41. The minimum atomic E-state index is -0.765. The fourth-order valence-corrected chi connectivity index (χ4v) is 1.98.